The first-order chi connectivity index (χ1) is 6.04. The molecular formula is C8H10F3NO. The molecule has 13 heavy (non-hydrogen) atoms. The van der Waals surface area contributed by atoms with E-state index in [1.54, 1.807) is 0 Å². The molecule has 2 unspecified atom stereocenters. The van der Waals surface area contributed by atoms with Gasteiger partial charge in [0.2, 0.25) is 0 Å². The van der Waals surface area contributed by atoms with Crippen LogP contribution in [0.25, 0.3) is 0 Å². The first-order valence-electron chi connectivity index (χ1n) is 4.09. The largest absolute Gasteiger partial charge is 0.414 e. The van der Waals surface area contributed by atoms with Crippen LogP contribution in [0, 0.1) is 17.2 Å². The van der Waals surface area contributed by atoms with Gasteiger partial charge in [-0.3, -0.25) is 0 Å². The maximum absolute atomic E-state index is 12.1. The van der Waals surface area contributed by atoms with Crippen molar-refractivity contribution < 1.29 is 17.9 Å². The average Bonchev–Trinajstić information content (AvgIpc) is 2.04. The Morgan fingerprint density at radius 1 is 1.38 bits per heavy atom. The van der Waals surface area contributed by atoms with Crippen LogP contribution in [0.1, 0.15) is 19.3 Å². The molecule has 1 aliphatic rings. The fourth-order valence-corrected chi connectivity index (χ4v) is 1.35. The van der Waals surface area contributed by atoms with Gasteiger partial charge in [0, 0.05) is 6.42 Å². The highest BCUT2D eigenvalue weighted by Crippen LogP contribution is 2.32. The third-order valence-electron chi connectivity index (χ3n) is 2.12. The van der Waals surface area contributed by atoms with Crippen molar-refractivity contribution in [2.45, 2.75) is 31.5 Å². The molecule has 1 saturated heterocycles. The summed E-state index contributed by atoms with van der Waals surface area (Å²) in [6.07, 6.45) is -5.18. The molecule has 0 bridgehead atoms. The minimum Gasteiger partial charge on any atom is -0.368 e. The van der Waals surface area contributed by atoms with Gasteiger partial charge >= 0.3 is 6.18 Å². The van der Waals surface area contributed by atoms with Crippen LogP contribution >= 0.6 is 0 Å². The van der Waals surface area contributed by atoms with Gasteiger partial charge in [-0.2, -0.15) is 18.4 Å². The molecule has 2 atom stereocenters. The SMILES string of the molecule is N#CCC1CCC(C(F)(F)F)OC1. The Morgan fingerprint density at radius 3 is 2.46 bits per heavy atom. The Labute approximate surface area is 74.3 Å². The number of halogens is 3. The van der Waals surface area contributed by atoms with Gasteiger partial charge in [-0.1, -0.05) is 0 Å². The molecule has 1 heterocycles. The third kappa shape index (κ3) is 2.88. The van der Waals surface area contributed by atoms with E-state index in [0.717, 1.165) is 0 Å². The van der Waals surface area contributed by atoms with Crippen molar-refractivity contribution in [1.29, 1.82) is 5.26 Å². The molecule has 0 aromatic carbocycles. The minimum atomic E-state index is -4.25. The number of hydrogen-bond donors (Lipinski definition) is 0. The van der Waals surface area contributed by atoms with Crippen molar-refractivity contribution in [1.82, 2.24) is 0 Å². The summed E-state index contributed by atoms with van der Waals surface area (Å²) in [5.41, 5.74) is 0. The molecule has 0 radical (unpaired) electrons. The van der Waals surface area contributed by atoms with E-state index in [2.05, 4.69) is 4.74 Å². The lowest BCUT2D eigenvalue weighted by atomic mass is 9.96. The molecule has 0 aromatic heterocycles. The van der Waals surface area contributed by atoms with Crippen LogP contribution < -0.4 is 0 Å². The lowest BCUT2D eigenvalue weighted by Gasteiger charge is -2.29. The normalized spacial score (nSPS) is 29.7. The maximum Gasteiger partial charge on any atom is 0.414 e. The second-order valence-corrected chi connectivity index (χ2v) is 3.17. The number of rotatable bonds is 1. The monoisotopic (exact) mass is 193 g/mol. The van der Waals surface area contributed by atoms with Crippen LogP contribution in [0.3, 0.4) is 0 Å². The predicted octanol–water partition coefficient (Wildman–Crippen LogP) is 2.26. The third-order valence-corrected chi connectivity index (χ3v) is 2.12. The summed E-state index contributed by atoms with van der Waals surface area (Å²) >= 11 is 0. The van der Waals surface area contributed by atoms with Crippen molar-refractivity contribution in [2.75, 3.05) is 6.61 Å². The fourth-order valence-electron chi connectivity index (χ4n) is 1.35. The van der Waals surface area contributed by atoms with E-state index in [4.69, 9.17) is 5.26 Å². The molecule has 5 heteroatoms. The molecule has 2 nitrogen and oxygen atoms in total. The maximum atomic E-state index is 12.1. The summed E-state index contributed by atoms with van der Waals surface area (Å²) in [5, 5.41) is 8.32. The van der Waals surface area contributed by atoms with E-state index in [0.29, 0.717) is 6.42 Å². The fraction of sp³-hybridized carbons (Fsp3) is 0.875. The lowest BCUT2D eigenvalue weighted by Crippen LogP contribution is -2.37. The van der Waals surface area contributed by atoms with Crippen LogP contribution in [0.15, 0.2) is 0 Å². The highest BCUT2D eigenvalue weighted by molar-refractivity contribution is 4.81. The van der Waals surface area contributed by atoms with Crippen molar-refractivity contribution in [3.63, 3.8) is 0 Å². The summed E-state index contributed by atoms with van der Waals surface area (Å²) in [6, 6.07) is 1.93. The van der Waals surface area contributed by atoms with E-state index in [1.807, 2.05) is 6.07 Å². The smallest absolute Gasteiger partial charge is 0.368 e. The molecule has 0 spiro atoms. The summed E-state index contributed by atoms with van der Waals surface area (Å²) in [7, 11) is 0. The van der Waals surface area contributed by atoms with Gasteiger partial charge in [0.05, 0.1) is 12.7 Å². The first-order valence-corrected chi connectivity index (χ1v) is 4.09. The van der Waals surface area contributed by atoms with Crippen molar-refractivity contribution in [3.8, 4) is 6.07 Å². The van der Waals surface area contributed by atoms with E-state index >= 15 is 0 Å². The van der Waals surface area contributed by atoms with Crippen LogP contribution in [0.2, 0.25) is 0 Å². The Bertz CT molecular complexity index is 200. The molecular weight excluding hydrogens is 183 g/mol. The Balaban J connectivity index is 2.36. The molecule has 0 aromatic rings. The van der Waals surface area contributed by atoms with E-state index in [1.165, 1.54) is 0 Å². The van der Waals surface area contributed by atoms with Crippen LogP contribution in [0.5, 0.6) is 0 Å². The molecule has 1 aliphatic heterocycles. The van der Waals surface area contributed by atoms with Gasteiger partial charge in [-0.15, -0.1) is 0 Å². The van der Waals surface area contributed by atoms with Crippen LogP contribution in [-0.2, 0) is 4.74 Å². The van der Waals surface area contributed by atoms with Crippen molar-refractivity contribution in [2.24, 2.45) is 5.92 Å². The lowest BCUT2D eigenvalue weighted by molar-refractivity contribution is -0.235. The minimum absolute atomic E-state index is 0.0180. The van der Waals surface area contributed by atoms with E-state index in [-0.39, 0.29) is 25.4 Å². The summed E-state index contributed by atoms with van der Waals surface area (Å²) < 4.78 is 40.8. The Morgan fingerprint density at radius 2 is 2.08 bits per heavy atom. The van der Waals surface area contributed by atoms with Gasteiger partial charge in [0.15, 0.2) is 6.10 Å². The van der Waals surface area contributed by atoms with Gasteiger partial charge in [0.1, 0.15) is 0 Å². The molecule has 0 amide bonds. The summed E-state index contributed by atoms with van der Waals surface area (Å²) in [4.78, 5) is 0. The second-order valence-electron chi connectivity index (χ2n) is 3.17. The highest BCUT2D eigenvalue weighted by Gasteiger charge is 2.42. The molecule has 74 valence electrons. The van der Waals surface area contributed by atoms with Gasteiger partial charge in [-0.05, 0) is 18.8 Å². The molecule has 0 N–H and O–H groups in total. The quantitative estimate of drug-likeness (QED) is 0.639. The summed E-state index contributed by atoms with van der Waals surface area (Å²) in [5.74, 6) is -0.0244. The molecule has 0 saturated carbocycles. The average molecular weight is 193 g/mol. The predicted molar refractivity (Wildman–Crippen MR) is 38.7 cm³/mol. The van der Waals surface area contributed by atoms with Gasteiger partial charge in [-0.25, -0.2) is 0 Å². The second kappa shape index (κ2) is 3.97. The zero-order chi connectivity index (χ0) is 9.90. The Kier molecular flexibility index (Phi) is 3.15. The zero-order valence-corrected chi connectivity index (χ0v) is 6.97. The Hall–Kier alpha value is -0.760. The number of alkyl halides is 3. The van der Waals surface area contributed by atoms with Crippen molar-refractivity contribution >= 4 is 0 Å². The number of hydrogen-bond acceptors (Lipinski definition) is 2. The van der Waals surface area contributed by atoms with Gasteiger partial charge in [0.25, 0.3) is 0 Å². The van der Waals surface area contributed by atoms with Crippen LogP contribution in [0.4, 0.5) is 13.2 Å². The first kappa shape index (κ1) is 10.3. The highest BCUT2D eigenvalue weighted by atomic mass is 19.4. The van der Waals surface area contributed by atoms with Crippen LogP contribution in [-0.4, -0.2) is 18.9 Å². The molecule has 1 rings (SSSR count). The standard InChI is InChI=1S/C8H10F3NO/c9-8(10,11)7-2-1-6(3-4-12)5-13-7/h6-7H,1-3,5H2. The molecule has 1 fully saturated rings. The van der Waals surface area contributed by atoms with E-state index in [9.17, 15) is 13.2 Å². The number of nitriles is 1. The van der Waals surface area contributed by atoms with Gasteiger partial charge < -0.3 is 4.74 Å². The number of nitrogens with zero attached hydrogens (tertiary/aromatic N) is 1. The summed E-state index contributed by atoms with van der Waals surface area (Å²) in [6.45, 7) is 0.0533. The zero-order valence-electron chi connectivity index (χ0n) is 6.97. The number of ether oxygens (including phenoxy) is 1. The topological polar surface area (TPSA) is 33.0 Å². The molecule has 0 aliphatic carbocycles. The van der Waals surface area contributed by atoms with E-state index < -0.39 is 12.3 Å². The van der Waals surface area contributed by atoms with Crippen molar-refractivity contribution in [3.05, 3.63) is 0 Å².